The van der Waals surface area contributed by atoms with Crippen LogP contribution in [0.25, 0.3) is 6.08 Å². The van der Waals surface area contributed by atoms with E-state index in [9.17, 15) is 0 Å². The minimum Gasteiger partial charge on any atom is -0.441 e. The van der Waals surface area contributed by atoms with Crippen molar-refractivity contribution < 1.29 is 4.42 Å². The molecule has 0 fully saturated rings. The molecular formula is C15H25NO. The van der Waals surface area contributed by atoms with Gasteiger partial charge in [0.05, 0.1) is 6.20 Å². The van der Waals surface area contributed by atoms with E-state index >= 15 is 0 Å². The van der Waals surface area contributed by atoms with Gasteiger partial charge in [-0.05, 0) is 18.9 Å². The van der Waals surface area contributed by atoms with E-state index < -0.39 is 0 Å². The van der Waals surface area contributed by atoms with Crippen molar-refractivity contribution in [1.29, 1.82) is 0 Å². The molecule has 0 saturated carbocycles. The second kappa shape index (κ2) is 6.63. The summed E-state index contributed by atoms with van der Waals surface area (Å²) in [7, 11) is 0. The predicted molar refractivity (Wildman–Crippen MR) is 73.0 cm³/mol. The fourth-order valence-corrected chi connectivity index (χ4v) is 2.17. The van der Waals surface area contributed by atoms with Gasteiger partial charge in [0.15, 0.2) is 0 Å². The number of hydrogen-bond donors (Lipinski definition) is 0. The normalized spacial score (nSPS) is 11.7. The average molecular weight is 235 g/mol. The fraction of sp³-hybridized carbons (Fsp3) is 0.667. The van der Waals surface area contributed by atoms with Gasteiger partial charge in [0, 0.05) is 5.41 Å². The van der Waals surface area contributed by atoms with Crippen LogP contribution in [-0.4, -0.2) is 4.98 Å². The lowest BCUT2D eigenvalue weighted by Gasteiger charge is -2.26. The van der Waals surface area contributed by atoms with Gasteiger partial charge < -0.3 is 4.42 Å². The molecule has 0 unspecified atom stereocenters. The van der Waals surface area contributed by atoms with Crippen molar-refractivity contribution in [3.63, 3.8) is 0 Å². The van der Waals surface area contributed by atoms with Crippen molar-refractivity contribution >= 4 is 6.08 Å². The molecule has 1 aromatic heterocycles. The summed E-state index contributed by atoms with van der Waals surface area (Å²) in [4.78, 5) is 4.23. The SMILES string of the molecule is C=Cc1ncc(C(C)(CCCC)CCCC)o1. The van der Waals surface area contributed by atoms with Crippen LogP contribution in [0.4, 0.5) is 0 Å². The Morgan fingerprint density at radius 1 is 1.29 bits per heavy atom. The number of oxazole rings is 1. The van der Waals surface area contributed by atoms with E-state index in [1.165, 1.54) is 38.5 Å². The Hall–Kier alpha value is -1.05. The van der Waals surface area contributed by atoms with E-state index in [1.54, 1.807) is 6.08 Å². The minimum atomic E-state index is 0.139. The highest BCUT2D eigenvalue weighted by atomic mass is 16.4. The Balaban J connectivity index is 2.83. The van der Waals surface area contributed by atoms with E-state index in [2.05, 4.69) is 32.3 Å². The van der Waals surface area contributed by atoms with Crippen LogP contribution in [0.1, 0.15) is 70.9 Å². The molecule has 0 atom stereocenters. The van der Waals surface area contributed by atoms with E-state index in [1.807, 2.05) is 6.20 Å². The first-order valence-corrected chi connectivity index (χ1v) is 6.75. The molecule has 0 saturated heterocycles. The van der Waals surface area contributed by atoms with E-state index in [4.69, 9.17) is 4.42 Å². The van der Waals surface area contributed by atoms with Gasteiger partial charge in [-0.2, -0.15) is 0 Å². The molecule has 0 aliphatic carbocycles. The van der Waals surface area contributed by atoms with E-state index in [0.29, 0.717) is 5.89 Å². The molecule has 0 N–H and O–H groups in total. The molecule has 0 aliphatic heterocycles. The molecule has 0 bridgehead atoms. The number of aromatic nitrogens is 1. The highest BCUT2D eigenvalue weighted by molar-refractivity contribution is 5.34. The summed E-state index contributed by atoms with van der Waals surface area (Å²) >= 11 is 0. The molecule has 1 heterocycles. The second-order valence-electron chi connectivity index (χ2n) is 5.03. The lowest BCUT2D eigenvalue weighted by molar-refractivity contribution is 0.302. The van der Waals surface area contributed by atoms with Crippen molar-refractivity contribution in [3.05, 3.63) is 24.4 Å². The zero-order valence-corrected chi connectivity index (χ0v) is 11.5. The summed E-state index contributed by atoms with van der Waals surface area (Å²) in [5.41, 5.74) is 0.139. The summed E-state index contributed by atoms with van der Waals surface area (Å²) in [6, 6.07) is 0. The number of nitrogens with zero attached hydrogens (tertiary/aromatic N) is 1. The summed E-state index contributed by atoms with van der Waals surface area (Å²) in [6.07, 6.45) is 10.8. The van der Waals surface area contributed by atoms with Gasteiger partial charge in [0.25, 0.3) is 0 Å². The van der Waals surface area contributed by atoms with Gasteiger partial charge in [-0.15, -0.1) is 0 Å². The van der Waals surface area contributed by atoms with Crippen molar-refractivity contribution in [3.8, 4) is 0 Å². The van der Waals surface area contributed by atoms with Crippen LogP contribution in [0.15, 0.2) is 17.2 Å². The van der Waals surface area contributed by atoms with Crippen molar-refractivity contribution in [2.75, 3.05) is 0 Å². The maximum atomic E-state index is 5.76. The zero-order valence-electron chi connectivity index (χ0n) is 11.5. The van der Waals surface area contributed by atoms with Crippen LogP contribution >= 0.6 is 0 Å². The standard InChI is InChI=1S/C15H25NO/c1-5-8-10-15(4,11-9-6-2)13-12-16-14(7-3)17-13/h7,12H,3,5-6,8-11H2,1-2,4H3. The molecule has 0 spiro atoms. The average Bonchev–Trinajstić information content (AvgIpc) is 2.83. The highest BCUT2D eigenvalue weighted by Gasteiger charge is 2.29. The largest absolute Gasteiger partial charge is 0.441 e. The van der Waals surface area contributed by atoms with Gasteiger partial charge in [-0.3, -0.25) is 0 Å². The van der Waals surface area contributed by atoms with Crippen LogP contribution in [0.5, 0.6) is 0 Å². The molecule has 0 amide bonds. The number of hydrogen-bond acceptors (Lipinski definition) is 2. The third-order valence-electron chi connectivity index (χ3n) is 3.46. The molecule has 2 heteroatoms. The summed E-state index contributed by atoms with van der Waals surface area (Å²) < 4.78 is 5.76. The molecule has 0 aliphatic rings. The Morgan fingerprint density at radius 2 is 1.88 bits per heavy atom. The number of unbranched alkanes of at least 4 members (excludes halogenated alkanes) is 2. The second-order valence-corrected chi connectivity index (χ2v) is 5.03. The van der Waals surface area contributed by atoms with E-state index in [-0.39, 0.29) is 5.41 Å². The van der Waals surface area contributed by atoms with Gasteiger partial charge >= 0.3 is 0 Å². The summed E-state index contributed by atoms with van der Waals surface area (Å²) in [5, 5.41) is 0. The lowest BCUT2D eigenvalue weighted by atomic mass is 9.78. The molecule has 1 aromatic rings. The Kier molecular flexibility index (Phi) is 5.46. The molecule has 96 valence electrons. The minimum absolute atomic E-state index is 0.139. The van der Waals surface area contributed by atoms with E-state index in [0.717, 1.165) is 5.76 Å². The van der Waals surface area contributed by atoms with Crippen LogP contribution in [0, 0.1) is 0 Å². The topological polar surface area (TPSA) is 26.0 Å². The predicted octanol–water partition coefficient (Wildman–Crippen LogP) is 4.96. The first-order valence-electron chi connectivity index (χ1n) is 6.75. The van der Waals surface area contributed by atoms with Gasteiger partial charge in [0.2, 0.25) is 5.89 Å². The monoisotopic (exact) mass is 235 g/mol. The smallest absolute Gasteiger partial charge is 0.218 e. The third-order valence-corrected chi connectivity index (χ3v) is 3.46. The van der Waals surface area contributed by atoms with Crippen molar-refractivity contribution in [2.45, 2.75) is 64.7 Å². The maximum absolute atomic E-state index is 5.76. The first-order chi connectivity index (χ1) is 8.16. The van der Waals surface area contributed by atoms with Crippen molar-refractivity contribution in [2.24, 2.45) is 0 Å². The molecule has 0 aromatic carbocycles. The lowest BCUT2D eigenvalue weighted by Crippen LogP contribution is -2.21. The molecule has 2 nitrogen and oxygen atoms in total. The fourth-order valence-electron chi connectivity index (χ4n) is 2.17. The third kappa shape index (κ3) is 3.72. The Labute approximate surface area is 105 Å². The maximum Gasteiger partial charge on any atom is 0.218 e. The zero-order chi connectivity index (χ0) is 12.7. The van der Waals surface area contributed by atoms with Crippen molar-refractivity contribution in [1.82, 2.24) is 4.98 Å². The van der Waals surface area contributed by atoms with Gasteiger partial charge in [-0.1, -0.05) is 53.0 Å². The van der Waals surface area contributed by atoms with Crippen LogP contribution < -0.4 is 0 Å². The van der Waals surface area contributed by atoms with Crippen LogP contribution in [0.3, 0.4) is 0 Å². The van der Waals surface area contributed by atoms with Gasteiger partial charge in [0.1, 0.15) is 5.76 Å². The van der Waals surface area contributed by atoms with Crippen LogP contribution in [0.2, 0.25) is 0 Å². The van der Waals surface area contributed by atoms with Crippen LogP contribution in [-0.2, 0) is 5.41 Å². The number of rotatable bonds is 8. The molecule has 0 radical (unpaired) electrons. The summed E-state index contributed by atoms with van der Waals surface area (Å²) in [6.45, 7) is 10.5. The first kappa shape index (κ1) is 14.0. The quantitative estimate of drug-likeness (QED) is 0.636. The van der Waals surface area contributed by atoms with Gasteiger partial charge in [-0.25, -0.2) is 4.98 Å². The molecule has 17 heavy (non-hydrogen) atoms. The molecule has 1 rings (SSSR count). The summed E-state index contributed by atoms with van der Waals surface area (Å²) in [5.74, 6) is 1.66. The Morgan fingerprint density at radius 3 is 2.29 bits per heavy atom. The highest BCUT2D eigenvalue weighted by Crippen LogP contribution is 2.35. The molecular weight excluding hydrogens is 210 g/mol. The Bertz CT molecular complexity index is 332.